The molecule has 3 rings (SSSR count). The average Bonchev–Trinajstić information content (AvgIpc) is 2.78. The van der Waals surface area contributed by atoms with Crippen molar-refractivity contribution in [2.45, 2.75) is 13.0 Å². The number of nitro groups is 1. The number of aliphatic hydroxyl groups is 1. The van der Waals surface area contributed by atoms with Crippen LogP contribution in [-0.2, 0) is 9.53 Å². The fraction of sp³-hybridized carbons (Fsp3) is 0.150. The molecule has 1 atom stereocenters. The van der Waals surface area contributed by atoms with Crippen LogP contribution in [0.3, 0.4) is 0 Å². The third-order valence-corrected chi connectivity index (χ3v) is 4.39. The number of aromatic amines is 1. The Bertz CT molecular complexity index is 1320. The summed E-state index contributed by atoms with van der Waals surface area (Å²) in [6.07, 6.45) is -2.47. The maximum Gasteiger partial charge on any atom is 0.427 e. The van der Waals surface area contributed by atoms with E-state index in [2.05, 4.69) is 25.1 Å². The number of benzene rings is 2. The van der Waals surface area contributed by atoms with Crippen molar-refractivity contribution >= 4 is 40.1 Å². The molecule has 1 unspecified atom stereocenters. The highest BCUT2D eigenvalue weighted by Gasteiger charge is 2.23. The standard InChI is InChI=1S/C20H18N6O7/c1-10(27)21-12-5-3-11(4-6-12)18(28)16(24-25-20(30)33-2)17-19(29)23-15-9-13(26(31)32)7-8-14(15)22-17/h3-9,18,28H,1-2H3,(H,21,27)(H,23,29)(H,25,30)/b24-16-. The summed E-state index contributed by atoms with van der Waals surface area (Å²) in [5.74, 6) is -0.278. The largest absolute Gasteiger partial charge is 0.452 e. The number of carbonyl (C=O) groups excluding carboxylic acids is 2. The number of H-pyrrole nitrogens is 1. The molecule has 0 aliphatic carbocycles. The van der Waals surface area contributed by atoms with Gasteiger partial charge in [0.25, 0.3) is 11.2 Å². The lowest BCUT2D eigenvalue weighted by Crippen LogP contribution is -2.29. The van der Waals surface area contributed by atoms with Gasteiger partial charge in [0.1, 0.15) is 11.8 Å². The van der Waals surface area contributed by atoms with E-state index < -0.39 is 22.7 Å². The number of nitro benzene ring substituents is 1. The minimum Gasteiger partial charge on any atom is -0.452 e. The minimum absolute atomic E-state index is 0.104. The number of carbonyl (C=O) groups is 2. The summed E-state index contributed by atoms with van der Waals surface area (Å²) in [7, 11) is 1.11. The topological polar surface area (TPSA) is 189 Å². The lowest BCUT2D eigenvalue weighted by molar-refractivity contribution is -0.384. The second-order valence-corrected chi connectivity index (χ2v) is 6.68. The maximum atomic E-state index is 12.7. The Morgan fingerprint density at radius 1 is 1.24 bits per heavy atom. The van der Waals surface area contributed by atoms with Gasteiger partial charge in [0, 0.05) is 24.7 Å². The van der Waals surface area contributed by atoms with E-state index in [1.54, 1.807) is 0 Å². The predicted octanol–water partition coefficient (Wildman–Crippen LogP) is 1.58. The molecule has 0 saturated heterocycles. The van der Waals surface area contributed by atoms with Crippen LogP contribution in [0.25, 0.3) is 11.0 Å². The van der Waals surface area contributed by atoms with Crippen LogP contribution >= 0.6 is 0 Å². The van der Waals surface area contributed by atoms with E-state index in [4.69, 9.17) is 0 Å². The quantitative estimate of drug-likeness (QED) is 0.245. The molecule has 13 heteroatoms. The van der Waals surface area contributed by atoms with Gasteiger partial charge in [-0.3, -0.25) is 19.7 Å². The van der Waals surface area contributed by atoms with Crippen LogP contribution in [-0.4, -0.2) is 44.8 Å². The number of non-ortho nitro benzene ring substituents is 1. The molecule has 0 spiro atoms. The number of aromatic nitrogens is 2. The van der Waals surface area contributed by atoms with Gasteiger partial charge in [-0.1, -0.05) is 12.1 Å². The van der Waals surface area contributed by atoms with Gasteiger partial charge in [-0.05, 0) is 23.8 Å². The number of amides is 2. The summed E-state index contributed by atoms with van der Waals surface area (Å²) >= 11 is 0. The molecule has 1 aromatic heterocycles. The smallest absolute Gasteiger partial charge is 0.427 e. The molecule has 0 saturated carbocycles. The molecule has 13 nitrogen and oxygen atoms in total. The number of methoxy groups -OCH3 is 1. The summed E-state index contributed by atoms with van der Waals surface area (Å²) < 4.78 is 4.46. The normalized spacial score (nSPS) is 12.2. The highest BCUT2D eigenvalue weighted by atomic mass is 16.6. The number of nitrogens with zero attached hydrogens (tertiary/aromatic N) is 3. The number of fused-ring (bicyclic) bond motifs is 1. The van der Waals surface area contributed by atoms with Gasteiger partial charge < -0.3 is 20.1 Å². The van der Waals surface area contributed by atoms with Crippen molar-refractivity contribution in [3.8, 4) is 0 Å². The lowest BCUT2D eigenvalue weighted by Gasteiger charge is -2.14. The first-order valence-corrected chi connectivity index (χ1v) is 9.35. The Kier molecular flexibility index (Phi) is 6.74. The summed E-state index contributed by atoms with van der Waals surface area (Å²) in [4.78, 5) is 52.4. The number of rotatable bonds is 6. The van der Waals surface area contributed by atoms with Gasteiger partial charge in [-0.2, -0.15) is 5.10 Å². The zero-order valence-electron chi connectivity index (χ0n) is 17.4. The summed E-state index contributed by atoms with van der Waals surface area (Å²) in [6, 6.07) is 9.72. The van der Waals surface area contributed by atoms with E-state index in [0.29, 0.717) is 5.69 Å². The maximum absolute atomic E-state index is 12.7. The highest BCUT2D eigenvalue weighted by molar-refractivity contribution is 6.03. The molecular formula is C20H18N6O7. The third kappa shape index (κ3) is 5.34. The van der Waals surface area contributed by atoms with E-state index in [0.717, 1.165) is 13.2 Å². The fourth-order valence-corrected chi connectivity index (χ4v) is 2.87. The minimum atomic E-state index is -1.52. The van der Waals surface area contributed by atoms with Crippen LogP contribution in [0.1, 0.15) is 24.3 Å². The second-order valence-electron chi connectivity index (χ2n) is 6.68. The SMILES string of the molecule is COC(=O)N/N=C(/c1nc2ccc([N+](=O)[O-])cc2[nH]c1=O)C(O)c1ccc(NC(C)=O)cc1. The zero-order chi connectivity index (χ0) is 24.1. The van der Waals surface area contributed by atoms with E-state index in [-0.39, 0.29) is 39.6 Å². The first kappa shape index (κ1) is 23.0. The first-order valence-electron chi connectivity index (χ1n) is 9.35. The van der Waals surface area contributed by atoms with Crippen molar-refractivity contribution in [2.75, 3.05) is 12.4 Å². The van der Waals surface area contributed by atoms with Crippen LogP contribution in [0, 0.1) is 10.1 Å². The van der Waals surface area contributed by atoms with Crippen LogP contribution in [0.15, 0.2) is 52.4 Å². The Morgan fingerprint density at radius 3 is 2.55 bits per heavy atom. The Hall–Kier alpha value is -4.65. The molecule has 0 radical (unpaired) electrons. The van der Waals surface area contributed by atoms with Crippen molar-refractivity contribution < 1.29 is 24.4 Å². The predicted molar refractivity (Wildman–Crippen MR) is 117 cm³/mol. The van der Waals surface area contributed by atoms with Gasteiger partial charge >= 0.3 is 6.09 Å². The van der Waals surface area contributed by atoms with Crippen molar-refractivity contribution in [1.82, 2.24) is 15.4 Å². The zero-order valence-corrected chi connectivity index (χ0v) is 17.4. The molecule has 0 fully saturated rings. The number of hydrazone groups is 1. The molecule has 2 amide bonds. The molecule has 2 aromatic carbocycles. The van der Waals surface area contributed by atoms with E-state index in [1.807, 2.05) is 5.43 Å². The highest BCUT2D eigenvalue weighted by Crippen LogP contribution is 2.21. The van der Waals surface area contributed by atoms with Crippen LogP contribution in [0.4, 0.5) is 16.2 Å². The van der Waals surface area contributed by atoms with E-state index >= 15 is 0 Å². The van der Waals surface area contributed by atoms with Gasteiger partial charge in [-0.15, -0.1) is 0 Å². The Morgan fingerprint density at radius 2 is 1.94 bits per heavy atom. The van der Waals surface area contributed by atoms with Crippen LogP contribution in [0.5, 0.6) is 0 Å². The molecule has 0 aliphatic heterocycles. The van der Waals surface area contributed by atoms with Crippen molar-refractivity contribution in [2.24, 2.45) is 5.10 Å². The van der Waals surface area contributed by atoms with Crippen molar-refractivity contribution in [3.05, 3.63) is 74.2 Å². The van der Waals surface area contributed by atoms with Crippen molar-refractivity contribution in [3.63, 3.8) is 0 Å². The average molecular weight is 454 g/mol. The molecule has 33 heavy (non-hydrogen) atoms. The number of hydrogen-bond donors (Lipinski definition) is 4. The molecule has 3 aromatic rings. The second kappa shape index (κ2) is 9.65. The molecule has 1 heterocycles. The molecule has 0 bridgehead atoms. The van der Waals surface area contributed by atoms with Gasteiger partial charge in [-0.25, -0.2) is 15.2 Å². The lowest BCUT2D eigenvalue weighted by atomic mass is 10.0. The molecule has 0 aliphatic rings. The number of aliphatic hydroxyl groups excluding tert-OH is 1. The number of nitrogens with one attached hydrogen (secondary N) is 3. The third-order valence-electron chi connectivity index (χ3n) is 4.39. The van der Waals surface area contributed by atoms with E-state index in [1.165, 1.54) is 43.3 Å². The number of anilines is 1. The van der Waals surface area contributed by atoms with Crippen molar-refractivity contribution in [1.29, 1.82) is 0 Å². The summed E-state index contributed by atoms with van der Waals surface area (Å²) in [6.45, 7) is 1.35. The Balaban J connectivity index is 2.07. The monoisotopic (exact) mass is 454 g/mol. The summed E-state index contributed by atoms with van der Waals surface area (Å²) in [5, 5.41) is 28.3. The van der Waals surface area contributed by atoms with Gasteiger partial charge in [0.05, 0.1) is 23.1 Å². The van der Waals surface area contributed by atoms with Gasteiger partial charge in [0.2, 0.25) is 5.91 Å². The fourth-order valence-electron chi connectivity index (χ4n) is 2.87. The molecule has 170 valence electrons. The Labute approximate surface area is 185 Å². The van der Waals surface area contributed by atoms with Crippen LogP contribution < -0.4 is 16.3 Å². The first-order chi connectivity index (χ1) is 15.7. The van der Waals surface area contributed by atoms with E-state index in [9.17, 15) is 29.6 Å². The van der Waals surface area contributed by atoms with Gasteiger partial charge in [0.15, 0.2) is 5.69 Å². The number of hydrogen-bond acceptors (Lipinski definition) is 9. The van der Waals surface area contributed by atoms with Crippen LogP contribution in [0.2, 0.25) is 0 Å². The molecule has 4 N–H and O–H groups in total. The number of ether oxygens (including phenoxy) is 1. The summed E-state index contributed by atoms with van der Waals surface area (Å²) in [5.41, 5.74) is 1.41. The molecular weight excluding hydrogens is 436 g/mol.